The molecule has 0 bridgehead atoms. The van der Waals surface area contributed by atoms with Gasteiger partial charge in [-0.25, -0.2) is 27.6 Å². The number of urea groups is 1. The number of nitrogens with zero attached hydrogens (tertiary/aromatic N) is 6. The van der Waals surface area contributed by atoms with Gasteiger partial charge in [0, 0.05) is 37.3 Å². The van der Waals surface area contributed by atoms with Crippen molar-refractivity contribution in [2.45, 2.75) is 41.6 Å². The summed E-state index contributed by atoms with van der Waals surface area (Å²) in [7, 11) is -1.80. The Balaban J connectivity index is 1.36. The Morgan fingerprint density at radius 3 is 2.61 bits per heavy atom. The van der Waals surface area contributed by atoms with Gasteiger partial charge >= 0.3 is 6.03 Å². The summed E-state index contributed by atoms with van der Waals surface area (Å²) in [5.74, 6) is -0.0237. The van der Waals surface area contributed by atoms with Gasteiger partial charge in [0.1, 0.15) is 0 Å². The Morgan fingerprint density at radius 2 is 1.93 bits per heavy atom. The van der Waals surface area contributed by atoms with Crippen LogP contribution in [0.25, 0.3) is 0 Å². The SMILES string of the molecule is Cn1nnnc1Sc1sc(NC(=O)Nc2ccc(N3CCOCC3)cc2C(=O)C2CCCC2)nc1CNS(C)(=O)=O. The van der Waals surface area contributed by atoms with Crippen LogP contribution in [0.5, 0.6) is 0 Å². The van der Waals surface area contributed by atoms with Crippen LogP contribution in [0.2, 0.25) is 0 Å². The summed E-state index contributed by atoms with van der Waals surface area (Å²) >= 11 is 2.36. The number of morpholine rings is 1. The van der Waals surface area contributed by atoms with Crippen molar-refractivity contribution in [1.82, 2.24) is 29.9 Å². The topological polar surface area (TPSA) is 173 Å². The summed E-state index contributed by atoms with van der Waals surface area (Å²) in [5, 5.41) is 17.7. The van der Waals surface area contributed by atoms with Gasteiger partial charge in [0.25, 0.3) is 0 Å². The van der Waals surface area contributed by atoms with E-state index < -0.39 is 16.1 Å². The van der Waals surface area contributed by atoms with Gasteiger partial charge in [-0.1, -0.05) is 24.2 Å². The third-order valence-electron chi connectivity index (χ3n) is 6.77. The molecule has 3 heterocycles. The molecule has 2 aliphatic rings. The largest absolute Gasteiger partial charge is 0.378 e. The first-order chi connectivity index (χ1) is 19.7. The molecule has 0 unspecified atom stereocenters. The lowest BCUT2D eigenvalue weighted by Crippen LogP contribution is -2.36. The number of carbonyl (C=O) groups is 2. The van der Waals surface area contributed by atoms with E-state index in [1.54, 1.807) is 13.1 Å². The van der Waals surface area contributed by atoms with E-state index in [0.717, 1.165) is 62.1 Å². The van der Waals surface area contributed by atoms with Crippen molar-refractivity contribution >= 4 is 61.4 Å². The van der Waals surface area contributed by atoms with Crippen molar-refractivity contribution in [2.75, 3.05) is 48.1 Å². The molecular weight excluding hydrogens is 591 g/mol. The predicted octanol–water partition coefficient (Wildman–Crippen LogP) is 2.72. The molecule has 14 nitrogen and oxygen atoms in total. The Hall–Kier alpha value is -3.12. The fraction of sp³-hybridized carbons (Fsp3) is 0.500. The number of sulfonamides is 1. The monoisotopic (exact) mass is 621 g/mol. The Labute approximate surface area is 245 Å². The molecule has 0 radical (unpaired) electrons. The first-order valence-corrected chi connectivity index (χ1v) is 16.6. The van der Waals surface area contributed by atoms with E-state index in [4.69, 9.17) is 4.74 Å². The first kappa shape index (κ1) is 29.4. The minimum absolute atomic E-state index is 0.0345. The van der Waals surface area contributed by atoms with Gasteiger partial charge in [0.15, 0.2) is 10.9 Å². The van der Waals surface area contributed by atoms with Crippen molar-refractivity contribution in [3.63, 3.8) is 0 Å². The number of hydrogen-bond acceptors (Lipinski definition) is 12. The maximum Gasteiger partial charge on any atom is 0.325 e. The van der Waals surface area contributed by atoms with E-state index in [2.05, 4.69) is 40.8 Å². The number of anilines is 3. The normalized spacial score (nSPS) is 16.2. The molecule has 2 fully saturated rings. The quantitative estimate of drug-likeness (QED) is 0.284. The minimum atomic E-state index is -3.48. The fourth-order valence-electron chi connectivity index (χ4n) is 4.69. The number of nitrogens with one attached hydrogen (secondary N) is 3. The van der Waals surface area contributed by atoms with Crippen LogP contribution >= 0.6 is 23.1 Å². The lowest BCUT2D eigenvalue weighted by molar-refractivity contribution is 0.0923. The molecule has 2 amide bonds. The van der Waals surface area contributed by atoms with E-state index >= 15 is 0 Å². The van der Waals surface area contributed by atoms with Crippen molar-refractivity contribution < 1.29 is 22.7 Å². The molecule has 2 aromatic heterocycles. The van der Waals surface area contributed by atoms with Crippen molar-refractivity contribution in [2.24, 2.45) is 13.0 Å². The highest BCUT2D eigenvalue weighted by Gasteiger charge is 2.27. The third kappa shape index (κ3) is 7.59. The maximum absolute atomic E-state index is 13.5. The number of benzene rings is 1. The molecule has 3 aromatic rings. The van der Waals surface area contributed by atoms with Gasteiger partial charge in [0.2, 0.25) is 15.2 Å². The van der Waals surface area contributed by atoms with Gasteiger partial charge < -0.3 is 15.0 Å². The van der Waals surface area contributed by atoms with Crippen LogP contribution in [0.4, 0.5) is 21.3 Å². The number of rotatable bonds is 10. The molecule has 1 aliphatic carbocycles. The number of ketones is 1. The van der Waals surface area contributed by atoms with Crippen LogP contribution in [-0.4, -0.2) is 78.0 Å². The highest BCUT2D eigenvalue weighted by Crippen LogP contribution is 2.37. The summed E-state index contributed by atoms with van der Waals surface area (Å²) in [4.78, 5) is 33.3. The molecule has 1 saturated heterocycles. The van der Waals surface area contributed by atoms with Crippen LogP contribution in [0.1, 0.15) is 41.7 Å². The van der Waals surface area contributed by atoms with Crippen LogP contribution < -0.4 is 20.3 Å². The molecule has 1 aliphatic heterocycles. The first-order valence-electron chi connectivity index (χ1n) is 13.1. The smallest absolute Gasteiger partial charge is 0.325 e. The van der Waals surface area contributed by atoms with Crippen LogP contribution in [-0.2, 0) is 28.4 Å². The van der Waals surface area contributed by atoms with Crippen molar-refractivity contribution in [1.29, 1.82) is 0 Å². The molecule has 1 aromatic carbocycles. The second kappa shape index (κ2) is 12.8. The molecular formula is C24H31N9O5S3. The van der Waals surface area contributed by atoms with E-state index in [0.29, 0.717) is 39.5 Å². The molecule has 1 saturated carbocycles. The van der Waals surface area contributed by atoms with E-state index in [9.17, 15) is 18.0 Å². The number of tetrazole rings is 1. The van der Waals surface area contributed by atoms with Crippen molar-refractivity contribution in [3.05, 3.63) is 29.5 Å². The molecule has 0 atom stereocenters. The zero-order chi connectivity index (χ0) is 29.0. The number of ether oxygens (including phenoxy) is 1. The number of aromatic nitrogens is 5. The second-order valence-corrected chi connectivity index (χ2v) is 13.9. The van der Waals surface area contributed by atoms with Gasteiger partial charge in [-0.3, -0.25) is 10.1 Å². The summed E-state index contributed by atoms with van der Waals surface area (Å²) in [6, 6.07) is 4.95. The van der Waals surface area contributed by atoms with Crippen LogP contribution in [0.3, 0.4) is 0 Å². The average molecular weight is 622 g/mol. The Morgan fingerprint density at radius 1 is 1.17 bits per heavy atom. The lowest BCUT2D eigenvalue weighted by Gasteiger charge is -2.29. The number of aryl methyl sites for hydroxylation is 1. The average Bonchev–Trinajstić information content (AvgIpc) is 3.70. The summed E-state index contributed by atoms with van der Waals surface area (Å²) < 4.78 is 33.3. The number of hydrogen-bond donors (Lipinski definition) is 3. The van der Waals surface area contributed by atoms with Crippen LogP contribution in [0.15, 0.2) is 27.6 Å². The zero-order valence-electron chi connectivity index (χ0n) is 22.6. The highest BCUT2D eigenvalue weighted by molar-refractivity contribution is 8.01. The Bertz CT molecular complexity index is 1510. The number of carbonyl (C=O) groups excluding carboxylic acids is 2. The summed E-state index contributed by atoms with van der Waals surface area (Å²) in [6.07, 6.45) is 4.79. The van der Waals surface area contributed by atoms with Gasteiger partial charge in [0.05, 0.1) is 41.6 Å². The van der Waals surface area contributed by atoms with E-state index in [1.807, 2.05) is 12.1 Å². The fourth-order valence-corrected chi connectivity index (χ4v) is 7.08. The van der Waals surface area contributed by atoms with Gasteiger partial charge in [-0.15, -0.1) is 5.10 Å². The van der Waals surface area contributed by atoms with Gasteiger partial charge in [-0.05, 0) is 53.2 Å². The molecule has 41 heavy (non-hydrogen) atoms. The molecule has 17 heteroatoms. The predicted molar refractivity (Wildman–Crippen MR) is 155 cm³/mol. The minimum Gasteiger partial charge on any atom is -0.378 e. The zero-order valence-corrected chi connectivity index (χ0v) is 25.1. The number of thiazole rings is 1. The Kier molecular flexibility index (Phi) is 9.18. The molecule has 0 spiro atoms. The molecule has 3 N–H and O–H groups in total. The second-order valence-electron chi connectivity index (χ2n) is 9.79. The number of amides is 2. The van der Waals surface area contributed by atoms with Gasteiger partial charge in [-0.2, -0.15) is 0 Å². The molecule has 5 rings (SSSR count). The van der Waals surface area contributed by atoms with E-state index in [1.165, 1.54) is 16.4 Å². The maximum atomic E-state index is 13.5. The summed E-state index contributed by atoms with van der Waals surface area (Å²) in [5.41, 5.74) is 2.24. The standard InChI is InChI=1S/C24H31N9O5S3/c1-32-24(29-30-31-32)40-21-19(14-25-41(2,36)37)27-23(39-21)28-22(35)26-18-8-7-16(33-9-11-38-12-10-33)13-17(18)20(34)15-5-3-4-6-15/h7-8,13,15,25H,3-6,9-12,14H2,1-2H3,(H2,26,27,28,35). The molecule has 220 valence electrons. The summed E-state index contributed by atoms with van der Waals surface area (Å²) in [6.45, 7) is 2.63. The van der Waals surface area contributed by atoms with Crippen molar-refractivity contribution in [3.8, 4) is 0 Å². The highest BCUT2D eigenvalue weighted by atomic mass is 32.2. The lowest BCUT2D eigenvalue weighted by atomic mass is 9.94. The number of Topliss-reactive ketones (excluding diaryl/α,β-unsaturated/α-hetero) is 1. The van der Waals surface area contributed by atoms with E-state index in [-0.39, 0.29) is 23.4 Å². The third-order valence-corrected chi connectivity index (χ3v) is 9.69. The van der Waals surface area contributed by atoms with Crippen LogP contribution in [0, 0.1) is 5.92 Å².